The quantitative estimate of drug-likeness (QED) is 0.717. The molecule has 2 aromatic rings. The van der Waals surface area contributed by atoms with Gasteiger partial charge in [-0.3, -0.25) is 0 Å². The number of aryl methyl sites for hydroxylation is 1. The van der Waals surface area contributed by atoms with Crippen molar-refractivity contribution in [1.82, 2.24) is 9.97 Å². The van der Waals surface area contributed by atoms with E-state index in [2.05, 4.69) is 41.8 Å². The Labute approximate surface area is 109 Å². The van der Waals surface area contributed by atoms with Gasteiger partial charge in [0.15, 0.2) is 5.82 Å². The predicted octanol–water partition coefficient (Wildman–Crippen LogP) is 4.35. The summed E-state index contributed by atoms with van der Waals surface area (Å²) in [5, 5.41) is 0. The topological polar surface area (TPSA) is 25.8 Å². The molecule has 0 aliphatic heterocycles. The normalized spacial score (nSPS) is 10.7. The highest BCUT2D eigenvalue weighted by molar-refractivity contribution is 9.11. The van der Waals surface area contributed by atoms with Crippen molar-refractivity contribution in [2.24, 2.45) is 0 Å². The van der Waals surface area contributed by atoms with Crippen LogP contribution < -0.4 is 0 Å². The summed E-state index contributed by atoms with van der Waals surface area (Å²) in [5.74, 6) is 0.778. The first-order valence-electron chi connectivity index (χ1n) is 4.34. The molecule has 0 bridgehead atoms. The van der Waals surface area contributed by atoms with E-state index in [-0.39, 0.29) is 0 Å². The molecule has 0 spiro atoms. The summed E-state index contributed by atoms with van der Waals surface area (Å²) in [7, 11) is 0. The van der Waals surface area contributed by atoms with Crippen molar-refractivity contribution >= 4 is 43.2 Å². The van der Waals surface area contributed by atoms with Crippen molar-refractivity contribution in [2.45, 2.75) is 13.8 Å². The second-order valence-corrected chi connectivity index (χ2v) is 6.37. The van der Waals surface area contributed by atoms with E-state index in [0.29, 0.717) is 0 Å². The van der Waals surface area contributed by atoms with Crippen LogP contribution in [0.3, 0.4) is 0 Å². The zero-order valence-electron chi connectivity index (χ0n) is 8.21. The Morgan fingerprint density at radius 3 is 2.40 bits per heavy atom. The van der Waals surface area contributed by atoms with Crippen LogP contribution in [0.4, 0.5) is 0 Å². The van der Waals surface area contributed by atoms with E-state index in [9.17, 15) is 0 Å². The Morgan fingerprint density at radius 1 is 1.13 bits per heavy atom. The van der Waals surface area contributed by atoms with Crippen LogP contribution in [0.5, 0.6) is 0 Å². The SMILES string of the molecule is Cc1nc(-c2ccc(Br)s2)nc(Br)c1C. The maximum absolute atomic E-state index is 4.47. The summed E-state index contributed by atoms with van der Waals surface area (Å²) in [5.41, 5.74) is 2.10. The van der Waals surface area contributed by atoms with Gasteiger partial charge in [0.05, 0.1) is 8.66 Å². The molecule has 0 fully saturated rings. The van der Waals surface area contributed by atoms with Gasteiger partial charge in [-0.05, 0) is 57.8 Å². The third-order valence-electron chi connectivity index (χ3n) is 2.12. The number of thiophene rings is 1. The minimum absolute atomic E-state index is 0.778. The highest BCUT2D eigenvalue weighted by Gasteiger charge is 2.09. The van der Waals surface area contributed by atoms with Gasteiger partial charge >= 0.3 is 0 Å². The smallest absolute Gasteiger partial charge is 0.170 e. The van der Waals surface area contributed by atoms with Crippen LogP contribution in [-0.4, -0.2) is 9.97 Å². The molecule has 0 N–H and O–H groups in total. The molecule has 0 saturated carbocycles. The van der Waals surface area contributed by atoms with Crippen molar-refractivity contribution in [3.05, 3.63) is 31.8 Å². The van der Waals surface area contributed by atoms with Crippen LogP contribution in [0.2, 0.25) is 0 Å². The van der Waals surface area contributed by atoms with Crippen LogP contribution in [0.25, 0.3) is 10.7 Å². The number of halogens is 2. The molecule has 2 rings (SSSR count). The molecule has 0 saturated heterocycles. The average molecular weight is 348 g/mol. The van der Waals surface area contributed by atoms with Gasteiger partial charge in [-0.15, -0.1) is 11.3 Å². The first kappa shape index (κ1) is 11.2. The number of hydrogen-bond donors (Lipinski definition) is 0. The third-order valence-corrected chi connectivity index (χ3v) is 4.52. The molecular formula is C10H8Br2N2S. The lowest BCUT2D eigenvalue weighted by Crippen LogP contribution is -1.95. The van der Waals surface area contributed by atoms with Crippen molar-refractivity contribution in [2.75, 3.05) is 0 Å². The molecule has 0 aliphatic rings. The minimum atomic E-state index is 0.778. The highest BCUT2D eigenvalue weighted by atomic mass is 79.9. The summed E-state index contributed by atoms with van der Waals surface area (Å²) in [6.07, 6.45) is 0. The Kier molecular flexibility index (Phi) is 3.23. The fourth-order valence-corrected chi connectivity index (χ4v) is 2.91. The summed E-state index contributed by atoms with van der Waals surface area (Å²) in [6, 6.07) is 4.03. The Bertz CT molecular complexity index is 485. The zero-order valence-corrected chi connectivity index (χ0v) is 12.2. The van der Waals surface area contributed by atoms with Gasteiger partial charge in [-0.25, -0.2) is 9.97 Å². The van der Waals surface area contributed by atoms with E-state index in [0.717, 1.165) is 30.3 Å². The largest absolute Gasteiger partial charge is 0.232 e. The summed E-state index contributed by atoms with van der Waals surface area (Å²) >= 11 is 8.51. The average Bonchev–Trinajstić information content (AvgIpc) is 2.60. The summed E-state index contributed by atoms with van der Waals surface area (Å²) < 4.78 is 1.96. The van der Waals surface area contributed by atoms with Gasteiger partial charge in [-0.1, -0.05) is 0 Å². The van der Waals surface area contributed by atoms with Crippen LogP contribution >= 0.6 is 43.2 Å². The van der Waals surface area contributed by atoms with Gasteiger partial charge in [0.1, 0.15) is 4.60 Å². The van der Waals surface area contributed by atoms with Gasteiger partial charge in [0.2, 0.25) is 0 Å². The lowest BCUT2D eigenvalue weighted by atomic mass is 10.3. The van der Waals surface area contributed by atoms with E-state index in [4.69, 9.17) is 0 Å². The minimum Gasteiger partial charge on any atom is -0.232 e. The van der Waals surface area contributed by atoms with Gasteiger partial charge in [0, 0.05) is 11.3 Å². The lowest BCUT2D eigenvalue weighted by molar-refractivity contribution is 1.05. The first-order valence-corrected chi connectivity index (χ1v) is 6.74. The molecule has 2 heterocycles. The van der Waals surface area contributed by atoms with Crippen LogP contribution in [-0.2, 0) is 0 Å². The fourth-order valence-electron chi connectivity index (χ4n) is 1.14. The molecule has 2 nitrogen and oxygen atoms in total. The van der Waals surface area contributed by atoms with E-state index in [1.807, 2.05) is 26.0 Å². The van der Waals surface area contributed by atoms with Crippen molar-refractivity contribution in [3.63, 3.8) is 0 Å². The number of aromatic nitrogens is 2. The lowest BCUT2D eigenvalue weighted by Gasteiger charge is -2.03. The maximum Gasteiger partial charge on any atom is 0.170 e. The number of nitrogens with zero attached hydrogens (tertiary/aromatic N) is 2. The van der Waals surface area contributed by atoms with Gasteiger partial charge in [0.25, 0.3) is 0 Å². The van der Waals surface area contributed by atoms with Gasteiger partial charge in [-0.2, -0.15) is 0 Å². The molecule has 0 unspecified atom stereocenters. The Hall–Kier alpha value is -0.260. The molecular weight excluding hydrogens is 340 g/mol. The van der Waals surface area contributed by atoms with E-state index in [1.165, 1.54) is 0 Å². The number of rotatable bonds is 1. The number of hydrogen-bond acceptors (Lipinski definition) is 3. The molecule has 0 aliphatic carbocycles. The zero-order chi connectivity index (χ0) is 11.0. The molecule has 2 aromatic heterocycles. The first-order chi connectivity index (χ1) is 7.08. The third kappa shape index (κ3) is 2.29. The standard InChI is InChI=1S/C10H8Br2N2S/c1-5-6(2)13-10(14-9(5)12)7-3-4-8(11)15-7/h3-4H,1-2H3. The van der Waals surface area contributed by atoms with Crippen LogP contribution in [0.15, 0.2) is 20.5 Å². The van der Waals surface area contributed by atoms with Crippen molar-refractivity contribution in [3.8, 4) is 10.7 Å². The van der Waals surface area contributed by atoms with Gasteiger partial charge < -0.3 is 0 Å². The van der Waals surface area contributed by atoms with Crippen molar-refractivity contribution < 1.29 is 0 Å². The molecule has 0 atom stereocenters. The van der Waals surface area contributed by atoms with E-state index in [1.54, 1.807) is 11.3 Å². The molecule has 15 heavy (non-hydrogen) atoms. The molecule has 5 heteroatoms. The highest BCUT2D eigenvalue weighted by Crippen LogP contribution is 2.30. The molecule has 0 aromatic carbocycles. The maximum atomic E-state index is 4.47. The second kappa shape index (κ2) is 4.31. The Morgan fingerprint density at radius 2 is 1.87 bits per heavy atom. The Balaban J connectivity index is 2.55. The van der Waals surface area contributed by atoms with Crippen LogP contribution in [0.1, 0.15) is 11.3 Å². The monoisotopic (exact) mass is 346 g/mol. The van der Waals surface area contributed by atoms with E-state index < -0.39 is 0 Å². The second-order valence-electron chi connectivity index (χ2n) is 3.15. The molecule has 0 radical (unpaired) electrons. The summed E-state index contributed by atoms with van der Waals surface area (Å²) in [6.45, 7) is 4.00. The predicted molar refractivity (Wildman–Crippen MR) is 70.2 cm³/mol. The van der Waals surface area contributed by atoms with Crippen LogP contribution in [0, 0.1) is 13.8 Å². The van der Waals surface area contributed by atoms with E-state index >= 15 is 0 Å². The summed E-state index contributed by atoms with van der Waals surface area (Å²) in [4.78, 5) is 9.95. The van der Waals surface area contributed by atoms with Crippen molar-refractivity contribution in [1.29, 1.82) is 0 Å². The molecule has 0 amide bonds. The molecule has 78 valence electrons. The fraction of sp³-hybridized carbons (Fsp3) is 0.200.